The molecule has 0 N–H and O–H groups in total. The molecule has 0 amide bonds. The summed E-state index contributed by atoms with van der Waals surface area (Å²) in [5.74, 6) is -0.592. The molecule has 0 atom stereocenters. The molecule has 1 aliphatic rings. The van der Waals surface area contributed by atoms with Crippen LogP contribution in [-0.2, 0) is 28.4 Å². The van der Waals surface area contributed by atoms with Crippen LogP contribution < -0.4 is 0 Å². The molecule has 0 spiro atoms. The number of esters is 1. The molecule has 6 nitrogen and oxygen atoms in total. The van der Waals surface area contributed by atoms with Crippen LogP contribution in [-0.4, -0.2) is 36.3 Å². The minimum atomic E-state index is -3.56. The van der Waals surface area contributed by atoms with Gasteiger partial charge >= 0.3 is 5.97 Å². The summed E-state index contributed by atoms with van der Waals surface area (Å²) in [5.41, 5.74) is 0.876. The maximum atomic E-state index is 12.6. The zero-order chi connectivity index (χ0) is 18.0. The van der Waals surface area contributed by atoms with Gasteiger partial charge in [-0.05, 0) is 25.0 Å². The lowest BCUT2D eigenvalue weighted by Crippen LogP contribution is -2.27. The van der Waals surface area contributed by atoms with E-state index in [-0.39, 0.29) is 17.2 Å². The van der Waals surface area contributed by atoms with E-state index in [9.17, 15) is 13.2 Å². The number of rotatable bonds is 5. The van der Waals surface area contributed by atoms with E-state index in [1.54, 1.807) is 31.3 Å². The highest BCUT2D eigenvalue weighted by molar-refractivity contribution is 7.89. The van der Waals surface area contributed by atoms with Crippen molar-refractivity contribution in [1.29, 1.82) is 0 Å². The minimum absolute atomic E-state index is 0.0257. The summed E-state index contributed by atoms with van der Waals surface area (Å²) >= 11 is 6.04. The molecule has 2 aromatic rings. The van der Waals surface area contributed by atoms with Gasteiger partial charge in [0.15, 0.2) is 0 Å². The molecule has 8 heteroatoms. The number of ether oxygens (including phenoxy) is 1. The molecule has 3 rings (SSSR count). The number of halogens is 1. The van der Waals surface area contributed by atoms with Crippen molar-refractivity contribution in [3.63, 3.8) is 0 Å². The number of nitrogens with zero attached hydrogens (tertiary/aromatic N) is 2. The van der Waals surface area contributed by atoms with Crippen LogP contribution >= 0.6 is 11.6 Å². The first kappa shape index (κ1) is 18.0. The molecule has 25 heavy (non-hydrogen) atoms. The van der Waals surface area contributed by atoms with Gasteiger partial charge in [0.25, 0.3) is 0 Å². The molecule has 1 aromatic heterocycles. The van der Waals surface area contributed by atoms with Gasteiger partial charge in [0.05, 0.1) is 0 Å². The van der Waals surface area contributed by atoms with Crippen LogP contribution in [0.4, 0.5) is 0 Å². The molecule has 0 saturated carbocycles. The zero-order valence-electron chi connectivity index (χ0n) is 13.8. The fourth-order valence-corrected chi connectivity index (χ4v) is 4.57. The Kier molecular flexibility index (Phi) is 5.17. The van der Waals surface area contributed by atoms with Crippen molar-refractivity contribution in [3.8, 4) is 0 Å². The smallest absolute Gasteiger partial charge is 0.355 e. The van der Waals surface area contributed by atoms with E-state index in [4.69, 9.17) is 16.3 Å². The van der Waals surface area contributed by atoms with E-state index >= 15 is 0 Å². The molecule has 1 aromatic carbocycles. The van der Waals surface area contributed by atoms with E-state index in [1.165, 1.54) is 21.1 Å². The van der Waals surface area contributed by atoms with Gasteiger partial charge in [0.2, 0.25) is 10.0 Å². The van der Waals surface area contributed by atoms with Gasteiger partial charge < -0.3 is 9.30 Å². The second-order valence-electron chi connectivity index (χ2n) is 5.95. The summed E-state index contributed by atoms with van der Waals surface area (Å²) in [5, 5.41) is 0.513. The van der Waals surface area contributed by atoms with Crippen LogP contribution in [0, 0.1) is 0 Å². The van der Waals surface area contributed by atoms with Crippen LogP contribution in [0.2, 0.25) is 5.02 Å². The van der Waals surface area contributed by atoms with Crippen molar-refractivity contribution in [1.82, 2.24) is 8.87 Å². The van der Waals surface area contributed by atoms with Gasteiger partial charge in [-0.25, -0.2) is 13.2 Å². The minimum Gasteiger partial charge on any atom is -0.456 e. The third kappa shape index (κ3) is 3.73. The van der Waals surface area contributed by atoms with Gasteiger partial charge in [-0.1, -0.05) is 29.8 Å². The Labute approximate surface area is 152 Å². The molecule has 0 radical (unpaired) electrons. The number of carbonyl (C=O) groups is 1. The summed E-state index contributed by atoms with van der Waals surface area (Å²) in [4.78, 5) is 12.4. The highest BCUT2D eigenvalue weighted by Gasteiger charge is 2.29. The lowest BCUT2D eigenvalue weighted by atomic mass is 10.2. The molecule has 134 valence electrons. The number of hydrogen-bond acceptors (Lipinski definition) is 4. The predicted molar refractivity (Wildman–Crippen MR) is 94.0 cm³/mol. The second kappa shape index (κ2) is 7.19. The number of aryl methyl sites for hydroxylation is 1. The summed E-state index contributed by atoms with van der Waals surface area (Å²) in [7, 11) is -1.94. The summed E-state index contributed by atoms with van der Waals surface area (Å²) in [6, 6.07) is 8.44. The molecular weight excluding hydrogens is 364 g/mol. The van der Waals surface area contributed by atoms with E-state index < -0.39 is 16.0 Å². The van der Waals surface area contributed by atoms with Crippen LogP contribution in [0.3, 0.4) is 0 Å². The molecule has 2 heterocycles. The first-order valence-corrected chi connectivity index (χ1v) is 9.78. The average molecular weight is 383 g/mol. The largest absolute Gasteiger partial charge is 0.456 e. The first-order valence-electron chi connectivity index (χ1n) is 7.96. The average Bonchev–Trinajstić information content (AvgIpc) is 3.24. The second-order valence-corrected chi connectivity index (χ2v) is 8.30. The van der Waals surface area contributed by atoms with E-state index in [0.717, 1.165) is 12.8 Å². The summed E-state index contributed by atoms with van der Waals surface area (Å²) in [6.45, 7) is 1.06. The third-order valence-electron chi connectivity index (χ3n) is 4.21. The quantitative estimate of drug-likeness (QED) is 0.745. The zero-order valence-corrected chi connectivity index (χ0v) is 15.4. The number of aromatic nitrogens is 1. The van der Waals surface area contributed by atoms with Gasteiger partial charge in [-0.3, -0.25) is 0 Å². The van der Waals surface area contributed by atoms with Crippen molar-refractivity contribution >= 4 is 27.6 Å². The van der Waals surface area contributed by atoms with E-state index in [2.05, 4.69) is 0 Å². The molecule has 1 fully saturated rings. The Hall–Kier alpha value is -1.83. The number of carbonyl (C=O) groups excluding carboxylic acids is 1. The van der Waals surface area contributed by atoms with Gasteiger partial charge in [0.1, 0.15) is 17.2 Å². The lowest BCUT2D eigenvalue weighted by Gasteiger charge is -2.13. The molecule has 1 aliphatic heterocycles. The highest BCUT2D eigenvalue weighted by Crippen LogP contribution is 2.23. The first-order chi connectivity index (χ1) is 11.9. The number of sulfonamides is 1. The van der Waals surface area contributed by atoms with Crippen molar-refractivity contribution in [2.24, 2.45) is 7.05 Å². The molecule has 0 aliphatic carbocycles. The van der Waals surface area contributed by atoms with E-state index in [1.807, 2.05) is 0 Å². The van der Waals surface area contributed by atoms with Crippen molar-refractivity contribution in [3.05, 3.63) is 52.8 Å². The summed E-state index contributed by atoms with van der Waals surface area (Å²) in [6.07, 6.45) is 3.16. The Morgan fingerprint density at radius 2 is 1.92 bits per heavy atom. The fraction of sp³-hybridized carbons (Fsp3) is 0.353. The topological polar surface area (TPSA) is 68.6 Å². The van der Waals surface area contributed by atoms with Crippen LogP contribution in [0.15, 0.2) is 41.4 Å². The molecule has 1 saturated heterocycles. The lowest BCUT2D eigenvalue weighted by molar-refractivity contribution is 0.0461. The molecule has 0 bridgehead atoms. The van der Waals surface area contributed by atoms with E-state index in [0.29, 0.717) is 23.7 Å². The SMILES string of the molecule is Cn1cc(S(=O)(=O)N2CCCC2)cc1C(=O)OCc1ccccc1Cl. The van der Waals surface area contributed by atoms with Crippen LogP contribution in [0.5, 0.6) is 0 Å². The third-order valence-corrected chi connectivity index (χ3v) is 6.44. The van der Waals surface area contributed by atoms with Crippen molar-refractivity contribution in [2.45, 2.75) is 24.3 Å². The van der Waals surface area contributed by atoms with Crippen LogP contribution in [0.25, 0.3) is 0 Å². The van der Waals surface area contributed by atoms with Crippen molar-refractivity contribution in [2.75, 3.05) is 13.1 Å². The number of benzene rings is 1. The predicted octanol–water partition coefficient (Wildman–Crippen LogP) is 2.82. The number of hydrogen-bond donors (Lipinski definition) is 0. The summed E-state index contributed by atoms with van der Waals surface area (Å²) < 4.78 is 33.4. The maximum absolute atomic E-state index is 12.6. The Morgan fingerprint density at radius 3 is 2.60 bits per heavy atom. The Morgan fingerprint density at radius 1 is 1.24 bits per heavy atom. The Bertz CT molecular complexity index is 886. The van der Waals surface area contributed by atoms with Gasteiger partial charge in [-0.2, -0.15) is 4.31 Å². The maximum Gasteiger partial charge on any atom is 0.355 e. The fourth-order valence-electron chi connectivity index (χ4n) is 2.79. The monoisotopic (exact) mass is 382 g/mol. The molecule has 0 unspecified atom stereocenters. The normalized spacial score (nSPS) is 15.4. The van der Waals surface area contributed by atoms with Gasteiger partial charge in [0, 0.05) is 36.9 Å². The Balaban J connectivity index is 1.76. The molecular formula is C17H19ClN2O4S. The van der Waals surface area contributed by atoms with Gasteiger partial charge in [-0.15, -0.1) is 0 Å². The highest BCUT2D eigenvalue weighted by atomic mass is 35.5. The van der Waals surface area contributed by atoms with Crippen molar-refractivity contribution < 1.29 is 17.9 Å². The van der Waals surface area contributed by atoms with Crippen LogP contribution in [0.1, 0.15) is 28.9 Å². The standard InChI is InChI=1S/C17H19ClN2O4S/c1-19-11-14(25(22,23)20-8-4-5-9-20)10-16(19)17(21)24-12-13-6-2-3-7-15(13)18/h2-3,6-7,10-11H,4-5,8-9,12H2,1H3.